The Balaban J connectivity index is 2.81. The zero-order valence-electron chi connectivity index (χ0n) is 12.2. The van der Waals surface area contributed by atoms with Gasteiger partial charge in [-0.3, -0.25) is 14.8 Å². The molecule has 1 heterocycles. The van der Waals surface area contributed by atoms with Crippen LogP contribution in [0, 0.1) is 5.82 Å². The lowest BCUT2D eigenvalue weighted by atomic mass is 10.1. The fourth-order valence-electron chi connectivity index (χ4n) is 1.74. The molecule has 7 heteroatoms. The number of halogens is 1. The highest BCUT2D eigenvalue weighted by Crippen LogP contribution is 2.06. The number of carbonyl (C=O) groups excluding carboxylic acids is 1. The fraction of sp³-hybridized carbons (Fsp3) is 0.357. The van der Waals surface area contributed by atoms with Crippen LogP contribution in [0.1, 0.15) is 19.5 Å². The third-order valence-corrected chi connectivity index (χ3v) is 2.71. The van der Waals surface area contributed by atoms with Crippen LogP contribution in [0.3, 0.4) is 0 Å². The predicted octanol–water partition coefficient (Wildman–Crippen LogP) is 0.489. The first-order valence-electron chi connectivity index (χ1n) is 6.52. The van der Waals surface area contributed by atoms with E-state index in [-0.39, 0.29) is 17.8 Å². The van der Waals surface area contributed by atoms with Gasteiger partial charge < -0.3 is 16.8 Å². The number of carbonyl (C=O) groups is 1. The molecule has 0 spiro atoms. The predicted molar refractivity (Wildman–Crippen MR) is 80.0 cm³/mol. The summed E-state index contributed by atoms with van der Waals surface area (Å²) in [7, 11) is 0. The van der Waals surface area contributed by atoms with Crippen molar-refractivity contribution in [3.63, 3.8) is 0 Å². The van der Waals surface area contributed by atoms with Crippen LogP contribution in [-0.2, 0) is 11.3 Å². The van der Waals surface area contributed by atoms with Crippen molar-refractivity contribution in [1.29, 1.82) is 0 Å². The number of nitrogens with two attached hydrogens (primary N) is 2. The molecule has 6 nitrogen and oxygen atoms in total. The number of nitrogens with zero attached hydrogens (tertiary/aromatic N) is 2. The second kappa shape index (κ2) is 8.11. The van der Waals surface area contributed by atoms with Gasteiger partial charge in [0.25, 0.3) is 5.91 Å². The number of pyridine rings is 1. The van der Waals surface area contributed by atoms with Crippen molar-refractivity contribution in [2.24, 2.45) is 16.5 Å². The van der Waals surface area contributed by atoms with Crippen molar-refractivity contribution in [1.82, 2.24) is 10.3 Å². The van der Waals surface area contributed by atoms with Crippen LogP contribution >= 0.6 is 0 Å². The highest BCUT2D eigenvalue weighted by molar-refractivity contribution is 6.21. The summed E-state index contributed by atoms with van der Waals surface area (Å²) >= 11 is 0. The molecule has 0 aliphatic rings. The quantitative estimate of drug-likeness (QED) is 0.524. The Morgan fingerprint density at radius 2 is 2.19 bits per heavy atom. The fourth-order valence-corrected chi connectivity index (χ4v) is 1.74. The highest BCUT2D eigenvalue weighted by Gasteiger charge is 2.15. The standard InChI is InChI=1S/C14H20FN5O/c1-9(17)13(10(2)18-7-5-16)14(21)20-8-12-11(15)4-3-6-19-12/h3-4,6H,5,7-8,16-17H2,1-2H3,(H,20,21). The maximum Gasteiger partial charge on any atom is 0.255 e. The molecule has 0 aromatic carbocycles. The van der Waals surface area contributed by atoms with Crippen LogP contribution in [0.25, 0.3) is 0 Å². The molecular weight excluding hydrogens is 273 g/mol. The van der Waals surface area contributed by atoms with Gasteiger partial charge in [-0.05, 0) is 26.0 Å². The van der Waals surface area contributed by atoms with Crippen molar-refractivity contribution in [2.45, 2.75) is 20.4 Å². The molecule has 1 amide bonds. The molecule has 1 aromatic heterocycles. The van der Waals surface area contributed by atoms with E-state index in [1.807, 2.05) is 0 Å². The van der Waals surface area contributed by atoms with Crippen molar-refractivity contribution in [2.75, 3.05) is 13.1 Å². The Morgan fingerprint density at radius 1 is 1.48 bits per heavy atom. The lowest BCUT2D eigenvalue weighted by molar-refractivity contribution is -0.117. The van der Waals surface area contributed by atoms with E-state index in [9.17, 15) is 9.18 Å². The van der Waals surface area contributed by atoms with Crippen LogP contribution in [-0.4, -0.2) is 29.7 Å². The summed E-state index contributed by atoms with van der Waals surface area (Å²) in [6.07, 6.45) is 1.46. The Hall–Kier alpha value is -2.28. The van der Waals surface area contributed by atoms with Crippen LogP contribution in [0.5, 0.6) is 0 Å². The minimum absolute atomic E-state index is 0.0214. The average molecular weight is 293 g/mol. The number of rotatable bonds is 6. The minimum atomic E-state index is -0.471. The van der Waals surface area contributed by atoms with Gasteiger partial charge in [0.2, 0.25) is 0 Å². The molecular formula is C14H20FN5O. The first-order valence-corrected chi connectivity index (χ1v) is 6.52. The smallest absolute Gasteiger partial charge is 0.255 e. The number of hydrogen-bond acceptors (Lipinski definition) is 5. The monoisotopic (exact) mass is 293 g/mol. The van der Waals surface area contributed by atoms with E-state index >= 15 is 0 Å². The summed E-state index contributed by atoms with van der Waals surface area (Å²) in [5.74, 6) is -0.889. The first-order chi connectivity index (χ1) is 9.97. The van der Waals surface area contributed by atoms with Gasteiger partial charge in [0, 0.05) is 24.2 Å². The number of amides is 1. The summed E-state index contributed by atoms with van der Waals surface area (Å²) in [4.78, 5) is 20.2. The van der Waals surface area contributed by atoms with E-state index in [0.717, 1.165) is 0 Å². The molecule has 0 bridgehead atoms. The van der Waals surface area contributed by atoms with Crippen LogP contribution in [0.4, 0.5) is 4.39 Å². The molecule has 5 N–H and O–H groups in total. The topological polar surface area (TPSA) is 106 Å². The molecule has 0 unspecified atom stereocenters. The van der Waals surface area contributed by atoms with Gasteiger partial charge in [-0.15, -0.1) is 0 Å². The number of aliphatic imine (C=N–C) groups is 1. The van der Waals surface area contributed by atoms with Gasteiger partial charge in [0.15, 0.2) is 0 Å². The van der Waals surface area contributed by atoms with E-state index in [1.54, 1.807) is 13.8 Å². The largest absolute Gasteiger partial charge is 0.402 e. The molecule has 0 radical (unpaired) electrons. The van der Waals surface area contributed by atoms with E-state index < -0.39 is 11.7 Å². The SMILES string of the molecule is CC(=NCCN)C(C(=O)NCc1ncccc1F)=C(C)N. The zero-order chi connectivity index (χ0) is 15.8. The Kier molecular flexibility index (Phi) is 6.48. The highest BCUT2D eigenvalue weighted by atomic mass is 19.1. The molecule has 0 fully saturated rings. The Labute approximate surface area is 123 Å². The summed E-state index contributed by atoms with van der Waals surface area (Å²) < 4.78 is 13.4. The third-order valence-electron chi connectivity index (χ3n) is 2.71. The maximum atomic E-state index is 13.4. The number of allylic oxidation sites excluding steroid dienone is 1. The van der Waals surface area contributed by atoms with Gasteiger partial charge in [-0.1, -0.05) is 0 Å². The van der Waals surface area contributed by atoms with Crippen molar-refractivity contribution < 1.29 is 9.18 Å². The molecule has 0 saturated heterocycles. The number of nitrogens with one attached hydrogen (secondary N) is 1. The molecule has 0 atom stereocenters. The van der Waals surface area contributed by atoms with E-state index in [1.165, 1.54) is 18.3 Å². The summed E-state index contributed by atoms with van der Waals surface area (Å²) in [6, 6.07) is 2.77. The maximum absolute atomic E-state index is 13.4. The van der Waals surface area contributed by atoms with Crippen molar-refractivity contribution in [3.8, 4) is 0 Å². The molecule has 21 heavy (non-hydrogen) atoms. The van der Waals surface area contributed by atoms with Gasteiger partial charge in [-0.25, -0.2) is 4.39 Å². The van der Waals surface area contributed by atoms with Gasteiger partial charge in [0.05, 0.1) is 24.4 Å². The second-order valence-corrected chi connectivity index (χ2v) is 4.43. The third kappa shape index (κ3) is 4.96. The van der Waals surface area contributed by atoms with Gasteiger partial charge >= 0.3 is 0 Å². The van der Waals surface area contributed by atoms with E-state index in [2.05, 4.69) is 15.3 Å². The van der Waals surface area contributed by atoms with Crippen LogP contribution in [0.15, 0.2) is 34.6 Å². The summed E-state index contributed by atoms with van der Waals surface area (Å²) in [5, 5.41) is 2.59. The van der Waals surface area contributed by atoms with Crippen LogP contribution in [0.2, 0.25) is 0 Å². The summed E-state index contributed by atoms with van der Waals surface area (Å²) in [6.45, 7) is 4.06. The lowest BCUT2D eigenvalue weighted by Crippen LogP contribution is -2.30. The normalized spacial score (nSPS) is 12.9. The first kappa shape index (κ1) is 16.8. The number of aromatic nitrogens is 1. The van der Waals surface area contributed by atoms with E-state index in [4.69, 9.17) is 11.5 Å². The molecule has 0 aliphatic heterocycles. The second-order valence-electron chi connectivity index (χ2n) is 4.43. The Bertz CT molecular complexity index is 564. The average Bonchev–Trinajstić information content (AvgIpc) is 2.44. The molecule has 0 aliphatic carbocycles. The number of hydrogen-bond donors (Lipinski definition) is 3. The lowest BCUT2D eigenvalue weighted by Gasteiger charge is -2.11. The van der Waals surface area contributed by atoms with Crippen molar-refractivity contribution in [3.05, 3.63) is 41.1 Å². The summed E-state index contributed by atoms with van der Waals surface area (Å²) in [5.41, 5.74) is 12.4. The van der Waals surface area contributed by atoms with Crippen molar-refractivity contribution >= 4 is 11.6 Å². The zero-order valence-corrected chi connectivity index (χ0v) is 12.2. The van der Waals surface area contributed by atoms with Gasteiger partial charge in [0.1, 0.15) is 5.82 Å². The molecule has 1 aromatic rings. The minimum Gasteiger partial charge on any atom is -0.402 e. The molecule has 1 rings (SSSR count). The molecule has 114 valence electrons. The van der Waals surface area contributed by atoms with Crippen LogP contribution < -0.4 is 16.8 Å². The van der Waals surface area contributed by atoms with E-state index in [0.29, 0.717) is 24.5 Å². The molecule has 0 saturated carbocycles. The Morgan fingerprint density at radius 3 is 2.76 bits per heavy atom. The van der Waals surface area contributed by atoms with Gasteiger partial charge in [-0.2, -0.15) is 0 Å².